The fraction of sp³-hybridized carbons (Fsp3) is 0.444. The third-order valence-electron chi connectivity index (χ3n) is 1.65. The van der Waals surface area contributed by atoms with Crippen LogP contribution in [-0.2, 0) is 10.0 Å². The minimum absolute atomic E-state index is 0.0553. The van der Waals surface area contributed by atoms with Gasteiger partial charge in [-0.15, -0.1) is 11.6 Å². The van der Waals surface area contributed by atoms with Gasteiger partial charge in [0.25, 0.3) is 0 Å². The second-order valence-electron chi connectivity index (χ2n) is 2.93. The molecule has 90 valence electrons. The van der Waals surface area contributed by atoms with E-state index in [1.165, 1.54) is 6.20 Å². The topological polar surface area (TPSA) is 68.3 Å². The van der Waals surface area contributed by atoms with Gasteiger partial charge in [0.15, 0.2) is 0 Å². The van der Waals surface area contributed by atoms with Crippen LogP contribution in [0.2, 0.25) is 0 Å². The van der Waals surface area contributed by atoms with Gasteiger partial charge < -0.3 is 4.74 Å². The summed E-state index contributed by atoms with van der Waals surface area (Å²) < 4.78 is 30.2. The maximum atomic E-state index is 11.4. The Kier molecular flexibility index (Phi) is 4.82. The van der Waals surface area contributed by atoms with Crippen molar-refractivity contribution in [2.75, 3.05) is 23.0 Å². The molecule has 0 radical (unpaired) electrons. The largest absolute Gasteiger partial charge is 0.478 e. The number of aromatic nitrogens is 1. The summed E-state index contributed by atoms with van der Waals surface area (Å²) >= 11 is 5.36. The molecule has 1 N–H and O–H groups in total. The molecule has 0 atom stereocenters. The molecule has 1 rings (SSSR count). The maximum absolute atomic E-state index is 11.4. The van der Waals surface area contributed by atoms with Crippen LogP contribution in [0.25, 0.3) is 0 Å². The first-order valence-electron chi connectivity index (χ1n) is 4.72. The first kappa shape index (κ1) is 13.1. The van der Waals surface area contributed by atoms with E-state index in [2.05, 4.69) is 9.71 Å². The average molecular weight is 265 g/mol. The molecule has 0 unspecified atom stereocenters. The molecule has 0 saturated carbocycles. The number of ether oxygens (including phenoxy) is 1. The molecule has 1 heterocycles. The quantitative estimate of drug-likeness (QED) is 0.790. The van der Waals surface area contributed by atoms with E-state index in [-0.39, 0.29) is 11.6 Å². The van der Waals surface area contributed by atoms with Gasteiger partial charge >= 0.3 is 0 Å². The highest BCUT2D eigenvalue weighted by Crippen LogP contribution is 2.12. The van der Waals surface area contributed by atoms with Crippen LogP contribution in [0, 0.1) is 0 Å². The van der Waals surface area contributed by atoms with Crippen molar-refractivity contribution in [1.82, 2.24) is 4.98 Å². The summed E-state index contributed by atoms with van der Waals surface area (Å²) in [6.45, 7) is 2.36. The number of nitrogens with one attached hydrogen (secondary N) is 1. The Balaban J connectivity index is 2.68. The molecule has 7 heteroatoms. The van der Waals surface area contributed by atoms with Crippen LogP contribution < -0.4 is 9.46 Å². The monoisotopic (exact) mass is 264 g/mol. The molecule has 1 aromatic rings. The van der Waals surface area contributed by atoms with Crippen LogP contribution in [0.4, 0.5) is 5.69 Å². The first-order chi connectivity index (χ1) is 7.57. The van der Waals surface area contributed by atoms with Crippen LogP contribution in [0.5, 0.6) is 5.88 Å². The van der Waals surface area contributed by atoms with Gasteiger partial charge in [-0.3, -0.25) is 4.72 Å². The van der Waals surface area contributed by atoms with E-state index in [0.717, 1.165) is 0 Å². The van der Waals surface area contributed by atoms with Crippen LogP contribution in [-0.4, -0.2) is 31.6 Å². The third-order valence-corrected chi connectivity index (χ3v) is 3.35. The molecule has 0 aliphatic heterocycles. The van der Waals surface area contributed by atoms with E-state index in [1.807, 2.05) is 6.92 Å². The van der Waals surface area contributed by atoms with Gasteiger partial charge in [-0.05, 0) is 13.0 Å². The van der Waals surface area contributed by atoms with E-state index in [4.69, 9.17) is 16.3 Å². The fourth-order valence-electron chi connectivity index (χ4n) is 1.01. The summed E-state index contributed by atoms with van der Waals surface area (Å²) in [6.07, 6.45) is 1.40. The minimum atomic E-state index is -3.37. The Hall–Kier alpha value is -1.01. The molecule has 16 heavy (non-hydrogen) atoms. The molecule has 0 fully saturated rings. The predicted octanol–water partition coefficient (Wildman–Crippen LogP) is 1.46. The minimum Gasteiger partial charge on any atom is -0.478 e. The van der Waals surface area contributed by atoms with Gasteiger partial charge in [0.1, 0.15) is 0 Å². The summed E-state index contributed by atoms with van der Waals surface area (Å²) in [5.74, 6) is 0.393. The molecule has 0 amide bonds. The van der Waals surface area contributed by atoms with Crippen LogP contribution in [0.1, 0.15) is 6.92 Å². The first-order valence-corrected chi connectivity index (χ1v) is 6.91. The molecule has 0 aromatic carbocycles. The van der Waals surface area contributed by atoms with Crippen LogP contribution in [0.15, 0.2) is 18.3 Å². The Morgan fingerprint density at radius 2 is 2.25 bits per heavy atom. The Labute approximate surface area is 99.8 Å². The molecule has 1 aromatic heterocycles. The van der Waals surface area contributed by atoms with E-state index in [1.54, 1.807) is 12.1 Å². The Morgan fingerprint density at radius 3 is 2.75 bits per heavy atom. The lowest BCUT2D eigenvalue weighted by Gasteiger charge is -2.07. The molecule has 0 spiro atoms. The number of halogens is 1. The molecule has 0 bridgehead atoms. The summed E-state index contributed by atoms with van der Waals surface area (Å²) in [5.41, 5.74) is 0.397. The van der Waals surface area contributed by atoms with E-state index in [9.17, 15) is 8.42 Å². The predicted molar refractivity (Wildman–Crippen MR) is 63.5 cm³/mol. The second kappa shape index (κ2) is 5.91. The van der Waals surface area contributed by atoms with E-state index >= 15 is 0 Å². The van der Waals surface area contributed by atoms with Crippen molar-refractivity contribution in [1.29, 1.82) is 0 Å². The average Bonchev–Trinajstić information content (AvgIpc) is 2.21. The Bertz CT molecular complexity index is 419. The van der Waals surface area contributed by atoms with E-state index in [0.29, 0.717) is 18.2 Å². The summed E-state index contributed by atoms with van der Waals surface area (Å²) in [6, 6.07) is 3.19. The highest BCUT2D eigenvalue weighted by molar-refractivity contribution is 7.92. The molecule has 0 saturated heterocycles. The van der Waals surface area contributed by atoms with Crippen molar-refractivity contribution in [3.05, 3.63) is 18.3 Å². The molecule has 0 aliphatic rings. The SMILES string of the molecule is CCOc1ccc(NS(=O)(=O)CCCl)cn1. The van der Waals surface area contributed by atoms with Crippen molar-refractivity contribution in [3.63, 3.8) is 0 Å². The summed E-state index contributed by atoms with van der Waals surface area (Å²) in [5, 5.41) is 0. The van der Waals surface area contributed by atoms with Gasteiger partial charge in [-0.25, -0.2) is 13.4 Å². The van der Waals surface area contributed by atoms with Gasteiger partial charge in [0.05, 0.1) is 24.2 Å². The molecular weight excluding hydrogens is 252 g/mol. The van der Waals surface area contributed by atoms with Crippen molar-refractivity contribution in [2.45, 2.75) is 6.92 Å². The smallest absolute Gasteiger partial charge is 0.233 e. The summed E-state index contributed by atoms with van der Waals surface area (Å²) in [7, 11) is -3.37. The zero-order valence-corrected chi connectivity index (χ0v) is 10.4. The van der Waals surface area contributed by atoms with Gasteiger partial charge in [0, 0.05) is 11.9 Å². The lowest BCUT2D eigenvalue weighted by molar-refractivity contribution is 0.327. The van der Waals surface area contributed by atoms with Gasteiger partial charge in [0.2, 0.25) is 15.9 Å². The number of anilines is 1. The zero-order valence-electron chi connectivity index (χ0n) is 8.81. The number of rotatable bonds is 6. The Morgan fingerprint density at radius 1 is 1.50 bits per heavy atom. The van der Waals surface area contributed by atoms with Crippen LogP contribution in [0.3, 0.4) is 0 Å². The lowest BCUT2D eigenvalue weighted by atomic mass is 10.4. The number of sulfonamides is 1. The molecular formula is C9H13ClN2O3S. The van der Waals surface area contributed by atoms with E-state index < -0.39 is 10.0 Å². The highest BCUT2D eigenvalue weighted by Gasteiger charge is 2.09. The number of nitrogens with zero attached hydrogens (tertiary/aromatic N) is 1. The van der Waals surface area contributed by atoms with Gasteiger partial charge in [-0.2, -0.15) is 0 Å². The highest BCUT2D eigenvalue weighted by atomic mass is 35.5. The third kappa shape index (κ3) is 4.24. The zero-order chi connectivity index (χ0) is 12.0. The molecule has 0 aliphatic carbocycles. The second-order valence-corrected chi connectivity index (χ2v) is 5.15. The number of pyridine rings is 1. The maximum Gasteiger partial charge on any atom is 0.233 e. The van der Waals surface area contributed by atoms with Crippen molar-refractivity contribution in [2.24, 2.45) is 0 Å². The van der Waals surface area contributed by atoms with Gasteiger partial charge in [-0.1, -0.05) is 0 Å². The fourth-order valence-corrected chi connectivity index (χ4v) is 2.40. The summed E-state index contributed by atoms with van der Waals surface area (Å²) in [4.78, 5) is 3.93. The number of hydrogen-bond acceptors (Lipinski definition) is 4. The number of hydrogen-bond donors (Lipinski definition) is 1. The standard InChI is InChI=1S/C9H13ClN2O3S/c1-2-15-9-4-3-8(7-11-9)12-16(13,14)6-5-10/h3-4,7,12H,2,5-6H2,1H3. The number of alkyl halides is 1. The molecule has 5 nitrogen and oxygen atoms in total. The van der Waals surface area contributed by atoms with Crippen molar-refractivity contribution >= 4 is 27.3 Å². The lowest BCUT2D eigenvalue weighted by Crippen LogP contribution is -2.17. The van der Waals surface area contributed by atoms with Crippen molar-refractivity contribution < 1.29 is 13.2 Å². The van der Waals surface area contributed by atoms with Crippen LogP contribution >= 0.6 is 11.6 Å². The normalized spacial score (nSPS) is 11.1. The van der Waals surface area contributed by atoms with Crippen molar-refractivity contribution in [3.8, 4) is 5.88 Å².